The number of thiazole rings is 1. The van der Waals surface area contributed by atoms with Crippen molar-refractivity contribution in [2.45, 2.75) is 19.4 Å². The van der Waals surface area contributed by atoms with Crippen molar-refractivity contribution in [2.75, 3.05) is 31.3 Å². The molecule has 1 fully saturated rings. The molecule has 1 amide bonds. The third-order valence-corrected chi connectivity index (χ3v) is 4.62. The van der Waals surface area contributed by atoms with E-state index < -0.39 is 0 Å². The molecule has 1 aromatic carbocycles. The number of aromatic nitrogens is 1. The number of benzene rings is 1. The van der Waals surface area contributed by atoms with Gasteiger partial charge in [0.1, 0.15) is 5.75 Å². The van der Waals surface area contributed by atoms with Gasteiger partial charge in [0.2, 0.25) is 5.91 Å². The number of carbonyl (C=O) groups excluding carboxylic acids is 1. The highest BCUT2D eigenvalue weighted by atomic mass is 32.1. The Bertz CT molecular complexity index is 673. The molecule has 22 heavy (non-hydrogen) atoms. The number of amides is 1. The van der Waals surface area contributed by atoms with Crippen molar-refractivity contribution in [2.24, 2.45) is 5.73 Å². The smallest absolute Gasteiger partial charge is 0.219 e. The largest absolute Gasteiger partial charge is 0.494 e. The number of carbonyl (C=O) groups is 1. The Balaban J connectivity index is 1.88. The van der Waals surface area contributed by atoms with E-state index in [4.69, 9.17) is 15.2 Å². The Labute approximate surface area is 132 Å². The van der Waals surface area contributed by atoms with E-state index in [0.29, 0.717) is 19.8 Å². The molecule has 2 aromatic rings. The zero-order chi connectivity index (χ0) is 15.5. The van der Waals surface area contributed by atoms with E-state index >= 15 is 0 Å². The molecule has 7 heteroatoms. The fourth-order valence-electron chi connectivity index (χ4n) is 2.58. The van der Waals surface area contributed by atoms with E-state index in [1.807, 2.05) is 25.1 Å². The molecule has 1 atom stereocenters. The van der Waals surface area contributed by atoms with E-state index in [9.17, 15) is 4.79 Å². The van der Waals surface area contributed by atoms with Crippen molar-refractivity contribution in [3.63, 3.8) is 0 Å². The average molecular weight is 321 g/mol. The first-order valence-electron chi connectivity index (χ1n) is 7.33. The predicted molar refractivity (Wildman–Crippen MR) is 86.6 cm³/mol. The monoisotopic (exact) mass is 321 g/mol. The minimum Gasteiger partial charge on any atom is -0.494 e. The van der Waals surface area contributed by atoms with Crippen LogP contribution in [-0.2, 0) is 9.53 Å². The van der Waals surface area contributed by atoms with Crippen LogP contribution in [0.15, 0.2) is 18.2 Å². The number of primary amides is 1. The summed E-state index contributed by atoms with van der Waals surface area (Å²) in [5.74, 6) is 0.529. The summed E-state index contributed by atoms with van der Waals surface area (Å²) in [5, 5.41) is 0.901. The number of morpholine rings is 1. The van der Waals surface area contributed by atoms with Gasteiger partial charge in [0.15, 0.2) is 5.13 Å². The molecular weight excluding hydrogens is 302 g/mol. The Morgan fingerprint density at radius 3 is 3.23 bits per heavy atom. The van der Waals surface area contributed by atoms with Crippen LogP contribution in [-0.4, -0.2) is 43.3 Å². The van der Waals surface area contributed by atoms with Crippen molar-refractivity contribution in [1.82, 2.24) is 4.98 Å². The molecule has 118 valence electrons. The van der Waals surface area contributed by atoms with Crippen LogP contribution in [0.4, 0.5) is 5.13 Å². The zero-order valence-electron chi connectivity index (χ0n) is 12.4. The summed E-state index contributed by atoms with van der Waals surface area (Å²) in [7, 11) is 0. The second-order valence-electron chi connectivity index (χ2n) is 5.15. The highest BCUT2D eigenvalue weighted by Crippen LogP contribution is 2.33. The maximum atomic E-state index is 11.2. The average Bonchev–Trinajstić information content (AvgIpc) is 2.90. The number of rotatable bonds is 5. The summed E-state index contributed by atoms with van der Waals surface area (Å²) in [4.78, 5) is 18.0. The number of hydrogen-bond donors (Lipinski definition) is 1. The molecule has 6 nitrogen and oxygen atoms in total. The summed E-state index contributed by atoms with van der Waals surface area (Å²) in [6, 6.07) is 5.85. The van der Waals surface area contributed by atoms with Crippen LogP contribution in [0.1, 0.15) is 13.3 Å². The van der Waals surface area contributed by atoms with Crippen LogP contribution in [0, 0.1) is 0 Å². The Morgan fingerprint density at radius 2 is 2.45 bits per heavy atom. The molecule has 1 aliphatic heterocycles. The van der Waals surface area contributed by atoms with E-state index in [0.717, 1.165) is 27.6 Å². The summed E-state index contributed by atoms with van der Waals surface area (Å²) >= 11 is 1.60. The Hall–Kier alpha value is -1.86. The maximum Gasteiger partial charge on any atom is 0.219 e. The quantitative estimate of drug-likeness (QED) is 0.908. The zero-order valence-corrected chi connectivity index (χ0v) is 13.3. The molecule has 1 unspecified atom stereocenters. The normalized spacial score (nSPS) is 18.6. The van der Waals surface area contributed by atoms with Gasteiger partial charge in [-0.1, -0.05) is 11.3 Å². The van der Waals surface area contributed by atoms with Crippen LogP contribution in [0.5, 0.6) is 5.75 Å². The van der Waals surface area contributed by atoms with Crippen molar-refractivity contribution in [3.8, 4) is 5.75 Å². The van der Waals surface area contributed by atoms with Crippen molar-refractivity contribution < 1.29 is 14.3 Å². The van der Waals surface area contributed by atoms with E-state index in [1.54, 1.807) is 11.3 Å². The molecular formula is C15H19N3O3S. The van der Waals surface area contributed by atoms with Gasteiger partial charge in [-0.15, -0.1) is 0 Å². The van der Waals surface area contributed by atoms with Crippen LogP contribution < -0.4 is 15.4 Å². The Morgan fingerprint density at radius 1 is 1.59 bits per heavy atom. The van der Waals surface area contributed by atoms with Crippen molar-refractivity contribution in [3.05, 3.63) is 18.2 Å². The van der Waals surface area contributed by atoms with Crippen LogP contribution >= 0.6 is 11.3 Å². The molecule has 0 saturated carbocycles. The molecule has 0 radical (unpaired) electrons. The minimum atomic E-state index is -0.319. The first kappa shape index (κ1) is 15.1. The predicted octanol–water partition coefficient (Wildman–Crippen LogP) is 1.78. The maximum absolute atomic E-state index is 11.2. The Kier molecular flexibility index (Phi) is 4.44. The third kappa shape index (κ3) is 3.15. The lowest BCUT2D eigenvalue weighted by molar-refractivity contribution is -0.118. The number of anilines is 1. The highest BCUT2D eigenvalue weighted by molar-refractivity contribution is 7.22. The molecule has 1 aromatic heterocycles. The van der Waals surface area contributed by atoms with Gasteiger partial charge in [-0.05, 0) is 25.1 Å². The number of fused-ring (bicyclic) bond motifs is 1. The van der Waals surface area contributed by atoms with Gasteiger partial charge in [-0.25, -0.2) is 4.98 Å². The van der Waals surface area contributed by atoms with Crippen molar-refractivity contribution in [1.29, 1.82) is 0 Å². The number of nitrogens with zero attached hydrogens (tertiary/aromatic N) is 2. The van der Waals surface area contributed by atoms with Gasteiger partial charge in [-0.3, -0.25) is 4.79 Å². The third-order valence-electron chi connectivity index (χ3n) is 3.57. The number of hydrogen-bond acceptors (Lipinski definition) is 6. The molecule has 3 rings (SSSR count). The van der Waals surface area contributed by atoms with E-state index in [-0.39, 0.29) is 18.4 Å². The lowest BCUT2D eigenvalue weighted by Gasteiger charge is -2.34. The summed E-state index contributed by atoms with van der Waals surface area (Å²) in [6.45, 7) is 4.46. The highest BCUT2D eigenvalue weighted by Gasteiger charge is 2.27. The lowest BCUT2D eigenvalue weighted by atomic mass is 10.1. The van der Waals surface area contributed by atoms with E-state index in [1.165, 1.54) is 0 Å². The molecule has 0 spiro atoms. The lowest BCUT2D eigenvalue weighted by Crippen LogP contribution is -2.47. The molecule has 2 N–H and O–H groups in total. The van der Waals surface area contributed by atoms with Gasteiger partial charge in [0.25, 0.3) is 0 Å². The van der Waals surface area contributed by atoms with Crippen LogP contribution in [0.3, 0.4) is 0 Å². The van der Waals surface area contributed by atoms with Gasteiger partial charge in [0.05, 0.1) is 36.1 Å². The molecule has 1 aliphatic rings. The molecule has 1 saturated heterocycles. The molecule has 2 heterocycles. The van der Waals surface area contributed by atoms with Gasteiger partial charge >= 0.3 is 0 Å². The first-order chi connectivity index (χ1) is 10.7. The second kappa shape index (κ2) is 6.50. The molecule has 0 bridgehead atoms. The summed E-state index contributed by atoms with van der Waals surface area (Å²) in [6.07, 6.45) is 0.278. The van der Waals surface area contributed by atoms with E-state index in [2.05, 4.69) is 9.88 Å². The topological polar surface area (TPSA) is 77.7 Å². The fraction of sp³-hybridized carbons (Fsp3) is 0.467. The summed E-state index contributed by atoms with van der Waals surface area (Å²) < 4.78 is 12.1. The second-order valence-corrected chi connectivity index (χ2v) is 6.16. The SMILES string of the molecule is CCOc1ccc2nc(N3CCOCC3CC(N)=O)sc2c1. The molecule has 0 aliphatic carbocycles. The van der Waals surface area contributed by atoms with Gasteiger partial charge in [-0.2, -0.15) is 0 Å². The number of nitrogens with two attached hydrogens (primary N) is 1. The van der Waals surface area contributed by atoms with Gasteiger partial charge in [0, 0.05) is 13.0 Å². The van der Waals surface area contributed by atoms with Crippen molar-refractivity contribution >= 4 is 32.6 Å². The standard InChI is InChI=1S/C15H19N3O3S/c1-2-21-11-3-4-12-13(8-11)22-15(17-12)18-5-6-20-9-10(18)7-14(16)19/h3-4,8,10H,2,5-7,9H2,1H3,(H2,16,19). The van der Waals surface area contributed by atoms with Crippen LogP contribution in [0.25, 0.3) is 10.2 Å². The number of ether oxygens (including phenoxy) is 2. The summed E-state index contributed by atoms with van der Waals surface area (Å²) in [5.41, 5.74) is 6.27. The fourth-order valence-corrected chi connectivity index (χ4v) is 3.67. The first-order valence-corrected chi connectivity index (χ1v) is 8.15. The minimum absolute atomic E-state index is 0.0434. The van der Waals surface area contributed by atoms with Gasteiger partial charge < -0.3 is 20.1 Å². The van der Waals surface area contributed by atoms with Crippen LogP contribution in [0.2, 0.25) is 0 Å².